The van der Waals surface area contributed by atoms with Crippen molar-refractivity contribution in [1.82, 2.24) is 0 Å². The summed E-state index contributed by atoms with van der Waals surface area (Å²) in [6.45, 7) is 0. The number of rotatable bonds is 2. The molecule has 0 fully saturated rings. The fourth-order valence-corrected chi connectivity index (χ4v) is 2.50. The summed E-state index contributed by atoms with van der Waals surface area (Å²) in [4.78, 5) is 0.871. The van der Waals surface area contributed by atoms with E-state index >= 15 is 0 Å². The summed E-state index contributed by atoms with van der Waals surface area (Å²) in [6, 6.07) is 7.52. The van der Waals surface area contributed by atoms with E-state index in [1.165, 1.54) is 0 Å². The van der Waals surface area contributed by atoms with E-state index in [4.69, 9.17) is 26.1 Å². The Balaban J connectivity index is 3.14. The third kappa shape index (κ3) is 2.22. The molecule has 12 heavy (non-hydrogen) atoms. The molecule has 0 aliphatic carbocycles. The van der Waals surface area contributed by atoms with Crippen molar-refractivity contribution in [3.05, 3.63) is 24.3 Å². The van der Waals surface area contributed by atoms with Crippen LogP contribution in [-0.2, 0) is 0 Å². The molecule has 0 N–H and O–H groups in total. The maximum Gasteiger partial charge on any atom is 0.133 e. The summed E-state index contributed by atoms with van der Waals surface area (Å²) >= 11 is 0. The van der Waals surface area contributed by atoms with E-state index in [1.807, 2.05) is 24.3 Å². The molecule has 0 saturated carbocycles. The molecule has 0 amide bonds. The van der Waals surface area contributed by atoms with Crippen molar-refractivity contribution >= 4 is 29.8 Å². The summed E-state index contributed by atoms with van der Waals surface area (Å²) in [5.74, 6) is 0.750. The molecule has 0 unspecified atom stereocenters. The van der Waals surface area contributed by atoms with Gasteiger partial charge in [0.25, 0.3) is 0 Å². The van der Waals surface area contributed by atoms with Crippen LogP contribution in [0, 0.1) is 0 Å². The average molecular weight is 225 g/mol. The number of benzene rings is 1. The third-order valence-electron chi connectivity index (χ3n) is 1.46. The average Bonchev–Trinajstić information content (AvgIpc) is 2.03. The monoisotopic (exact) mass is 224 g/mol. The van der Waals surface area contributed by atoms with Crippen molar-refractivity contribution in [3.8, 4) is 5.75 Å². The quantitative estimate of drug-likeness (QED) is 0.743. The van der Waals surface area contributed by atoms with Gasteiger partial charge in [0.1, 0.15) is 5.75 Å². The van der Waals surface area contributed by atoms with Crippen molar-refractivity contribution in [2.24, 2.45) is 0 Å². The molecular weight excluding hydrogens is 215 g/mol. The summed E-state index contributed by atoms with van der Waals surface area (Å²) < 4.78 is 5.12. The van der Waals surface area contributed by atoms with Crippen LogP contribution in [0.2, 0.25) is 0 Å². The van der Waals surface area contributed by atoms with E-state index in [-0.39, 0.29) is 0 Å². The van der Waals surface area contributed by atoms with Crippen molar-refractivity contribution in [1.29, 1.82) is 0 Å². The molecule has 0 bridgehead atoms. The largest absolute Gasteiger partial charge is 0.496 e. The maximum atomic E-state index is 6.01. The van der Waals surface area contributed by atoms with Crippen LogP contribution in [0.5, 0.6) is 5.75 Å². The highest BCUT2D eigenvalue weighted by atomic mass is 36.0. The first kappa shape index (κ1) is 10.0. The highest BCUT2D eigenvalue weighted by Crippen LogP contribution is 2.64. The van der Waals surface area contributed by atoms with Gasteiger partial charge in [0.2, 0.25) is 0 Å². The maximum absolute atomic E-state index is 6.01. The second-order valence-corrected chi connectivity index (χ2v) is 8.44. The van der Waals surface area contributed by atoms with Gasteiger partial charge < -0.3 is 4.74 Å². The lowest BCUT2D eigenvalue weighted by Crippen LogP contribution is -1.89. The van der Waals surface area contributed by atoms with Crippen LogP contribution in [0.3, 0.4) is 0 Å². The zero-order chi connectivity index (χ0) is 9.19. The Hall–Kier alpha value is -0.0500. The fraction of sp³-hybridized carbons (Fsp3) is 0.250. The molecule has 0 aliphatic heterocycles. The zero-order valence-electron chi connectivity index (χ0n) is 6.88. The lowest BCUT2D eigenvalue weighted by molar-refractivity contribution is 0.405. The molecule has 4 heteroatoms. The highest BCUT2D eigenvalue weighted by Gasteiger charge is 2.17. The minimum Gasteiger partial charge on any atom is -0.496 e. The first-order valence-corrected chi connectivity index (χ1v) is 7.05. The lowest BCUT2D eigenvalue weighted by Gasteiger charge is -2.21. The Morgan fingerprint density at radius 1 is 1.25 bits per heavy atom. The normalized spacial score (nSPS) is 12.7. The molecular formula is C8H10Cl2OS. The van der Waals surface area contributed by atoms with E-state index in [0.717, 1.165) is 10.6 Å². The van der Waals surface area contributed by atoms with E-state index in [1.54, 1.807) is 13.4 Å². The zero-order valence-corrected chi connectivity index (χ0v) is 9.21. The van der Waals surface area contributed by atoms with Crippen LogP contribution in [0.15, 0.2) is 29.2 Å². The number of methoxy groups -OCH3 is 1. The number of ether oxygens (including phenoxy) is 1. The van der Waals surface area contributed by atoms with Gasteiger partial charge in [0.15, 0.2) is 0 Å². The van der Waals surface area contributed by atoms with Gasteiger partial charge in [-0.2, -0.15) is 0 Å². The van der Waals surface area contributed by atoms with Crippen molar-refractivity contribution in [3.63, 3.8) is 0 Å². The van der Waals surface area contributed by atoms with Gasteiger partial charge >= 0.3 is 0 Å². The first-order chi connectivity index (χ1) is 5.55. The van der Waals surface area contributed by atoms with Gasteiger partial charge in [0.05, 0.1) is 12.0 Å². The van der Waals surface area contributed by atoms with Crippen molar-refractivity contribution in [2.45, 2.75) is 4.90 Å². The Morgan fingerprint density at radius 2 is 1.83 bits per heavy atom. The molecule has 1 nitrogen and oxygen atoms in total. The number of para-hydroxylation sites is 1. The van der Waals surface area contributed by atoms with Gasteiger partial charge in [-0.1, -0.05) is 20.6 Å². The second kappa shape index (κ2) is 3.77. The number of halogens is 2. The molecule has 0 aliphatic rings. The van der Waals surface area contributed by atoms with Crippen LogP contribution in [0.1, 0.15) is 0 Å². The van der Waals surface area contributed by atoms with Crippen LogP contribution < -0.4 is 4.74 Å². The minimum atomic E-state index is -1.73. The number of hydrogen-bond donors (Lipinski definition) is 0. The summed E-state index contributed by atoms with van der Waals surface area (Å²) in [7, 11) is 11.9. The van der Waals surface area contributed by atoms with Gasteiger partial charge in [-0.3, -0.25) is 0 Å². The SMILES string of the molecule is COc1ccccc1S(C)(Cl)Cl. The van der Waals surface area contributed by atoms with Gasteiger partial charge in [-0.25, -0.2) is 0 Å². The van der Waals surface area contributed by atoms with Crippen LogP contribution in [-0.4, -0.2) is 13.4 Å². The van der Waals surface area contributed by atoms with E-state index in [0.29, 0.717) is 0 Å². The summed E-state index contributed by atoms with van der Waals surface area (Å²) in [5.41, 5.74) is 0. The highest BCUT2D eigenvalue weighted by molar-refractivity contribution is 8.65. The molecule has 1 rings (SSSR count). The Bertz CT molecular complexity index is 270. The standard InChI is InChI=1S/C8H10Cl2OS/c1-11-7-5-3-4-6-8(7)12(2,9)10/h3-6H,1-2H3. The first-order valence-electron chi connectivity index (χ1n) is 3.36. The molecule has 1 aromatic rings. The van der Waals surface area contributed by atoms with Crippen molar-refractivity contribution < 1.29 is 4.74 Å². The van der Waals surface area contributed by atoms with Crippen LogP contribution in [0.25, 0.3) is 0 Å². The molecule has 68 valence electrons. The number of hydrogen-bond acceptors (Lipinski definition) is 1. The van der Waals surface area contributed by atoms with Gasteiger partial charge in [0, 0.05) is 0 Å². The lowest BCUT2D eigenvalue weighted by atomic mass is 10.3. The minimum absolute atomic E-state index is 0.750. The Kier molecular flexibility index (Phi) is 3.16. The van der Waals surface area contributed by atoms with E-state index in [9.17, 15) is 0 Å². The third-order valence-corrected chi connectivity index (χ3v) is 3.56. The summed E-state index contributed by atoms with van der Waals surface area (Å²) in [5, 5.41) is 0. The molecule has 1 aromatic carbocycles. The van der Waals surface area contributed by atoms with Gasteiger partial charge in [-0.15, -0.1) is 0 Å². The van der Waals surface area contributed by atoms with Crippen molar-refractivity contribution in [2.75, 3.05) is 13.4 Å². The van der Waals surface area contributed by atoms with E-state index < -0.39 is 8.46 Å². The Morgan fingerprint density at radius 3 is 2.25 bits per heavy atom. The van der Waals surface area contributed by atoms with Crippen LogP contribution >= 0.6 is 29.8 Å². The molecule has 0 radical (unpaired) electrons. The molecule has 0 spiro atoms. The van der Waals surface area contributed by atoms with Gasteiger partial charge in [-0.05, 0) is 39.8 Å². The second-order valence-electron chi connectivity index (χ2n) is 2.38. The van der Waals surface area contributed by atoms with E-state index in [2.05, 4.69) is 0 Å². The molecule has 0 aromatic heterocycles. The van der Waals surface area contributed by atoms with Crippen LogP contribution in [0.4, 0.5) is 0 Å². The molecule has 0 saturated heterocycles. The predicted molar refractivity (Wildman–Crippen MR) is 56.5 cm³/mol. The molecule has 0 atom stereocenters. The fourth-order valence-electron chi connectivity index (χ4n) is 0.915. The Labute approximate surface area is 82.9 Å². The summed E-state index contributed by atoms with van der Waals surface area (Å²) in [6.07, 6.45) is 1.80. The topological polar surface area (TPSA) is 9.23 Å². The molecule has 0 heterocycles. The predicted octanol–water partition coefficient (Wildman–Crippen LogP) is 3.80. The smallest absolute Gasteiger partial charge is 0.133 e.